The summed E-state index contributed by atoms with van der Waals surface area (Å²) in [5, 5.41) is 3.56. The smallest absolute Gasteiger partial charge is 0.193 e. The van der Waals surface area contributed by atoms with E-state index >= 15 is 0 Å². The summed E-state index contributed by atoms with van der Waals surface area (Å²) >= 11 is 0. The topological polar surface area (TPSA) is 40.1 Å². The van der Waals surface area contributed by atoms with Crippen molar-refractivity contribution in [1.29, 1.82) is 0 Å². The van der Waals surface area contributed by atoms with Crippen LogP contribution in [0.25, 0.3) is 0 Å². The molecule has 0 aromatic heterocycles. The van der Waals surface area contributed by atoms with Crippen LogP contribution in [0.1, 0.15) is 31.9 Å². The second-order valence-electron chi connectivity index (χ2n) is 7.49. The molecule has 2 rings (SSSR count). The standard InChI is InChI=1S/C19H32N4O/c1-19(2)11-12-23(14-19)18(20-3)21-13-16(22(4)5)15-9-7-8-10-17(15)24-6/h7-10,16H,11-14H2,1-6H3,(H,20,21). The number of hydrogen-bond donors (Lipinski definition) is 1. The number of nitrogens with zero attached hydrogens (tertiary/aromatic N) is 3. The maximum atomic E-state index is 5.54. The predicted molar refractivity (Wildman–Crippen MR) is 101 cm³/mol. The number of rotatable bonds is 5. The van der Waals surface area contributed by atoms with Crippen molar-refractivity contribution in [3.63, 3.8) is 0 Å². The lowest BCUT2D eigenvalue weighted by molar-refractivity contribution is 0.284. The Labute approximate surface area is 146 Å². The third-order valence-corrected chi connectivity index (χ3v) is 4.76. The Morgan fingerprint density at radius 1 is 1.38 bits per heavy atom. The van der Waals surface area contributed by atoms with Crippen LogP contribution >= 0.6 is 0 Å². The molecule has 1 aliphatic heterocycles. The molecule has 1 saturated heterocycles. The molecule has 1 N–H and O–H groups in total. The molecule has 1 aromatic carbocycles. The minimum Gasteiger partial charge on any atom is -0.496 e. The van der Waals surface area contributed by atoms with Gasteiger partial charge in [-0.05, 0) is 32.0 Å². The highest BCUT2D eigenvalue weighted by atomic mass is 16.5. The first kappa shape index (κ1) is 18.6. The Morgan fingerprint density at radius 2 is 2.08 bits per heavy atom. The maximum Gasteiger partial charge on any atom is 0.193 e. The zero-order chi connectivity index (χ0) is 17.7. The van der Waals surface area contributed by atoms with Crippen molar-refractivity contribution in [3.05, 3.63) is 29.8 Å². The fourth-order valence-corrected chi connectivity index (χ4v) is 3.33. The maximum absolute atomic E-state index is 5.54. The molecule has 0 amide bonds. The summed E-state index contributed by atoms with van der Waals surface area (Å²) in [6.45, 7) is 7.54. The van der Waals surface area contributed by atoms with E-state index in [-0.39, 0.29) is 6.04 Å². The molecule has 1 heterocycles. The van der Waals surface area contributed by atoms with Crippen LogP contribution < -0.4 is 10.1 Å². The molecule has 5 heteroatoms. The van der Waals surface area contributed by atoms with Gasteiger partial charge in [0.05, 0.1) is 13.2 Å². The van der Waals surface area contributed by atoms with Gasteiger partial charge in [-0.3, -0.25) is 4.99 Å². The van der Waals surface area contributed by atoms with Gasteiger partial charge in [-0.15, -0.1) is 0 Å². The molecule has 1 unspecified atom stereocenters. The van der Waals surface area contributed by atoms with Gasteiger partial charge in [0.2, 0.25) is 0 Å². The average Bonchev–Trinajstić information content (AvgIpc) is 2.91. The molecule has 0 spiro atoms. The average molecular weight is 332 g/mol. The molecule has 24 heavy (non-hydrogen) atoms. The third-order valence-electron chi connectivity index (χ3n) is 4.76. The summed E-state index contributed by atoms with van der Waals surface area (Å²) in [5.41, 5.74) is 1.55. The molecule has 1 aromatic rings. The van der Waals surface area contributed by atoms with Gasteiger partial charge >= 0.3 is 0 Å². The summed E-state index contributed by atoms with van der Waals surface area (Å²) in [6, 6.07) is 8.43. The van der Waals surface area contributed by atoms with E-state index in [2.05, 4.69) is 60.2 Å². The van der Waals surface area contributed by atoms with E-state index in [1.165, 1.54) is 12.0 Å². The number of benzene rings is 1. The molecule has 0 saturated carbocycles. The minimum absolute atomic E-state index is 0.216. The first-order valence-electron chi connectivity index (χ1n) is 8.63. The molecule has 5 nitrogen and oxygen atoms in total. The van der Waals surface area contributed by atoms with Crippen LogP contribution in [-0.4, -0.2) is 63.6 Å². The number of aliphatic imine (C=N–C) groups is 1. The normalized spacial score (nSPS) is 18.8. The second-order valence-corrected chi connectivity index (χ2v) is 7.49. The van der Waals surface area contributed by atoms with Crippen LogP contribution in [-0.2, 0) is 0 Å². The fraction of sp³-hybridized carbons (Fsp3) is 0.632. The number of guanidine groups is 1. The van der Waals surface area contributed by atoms with Crippen LogP contribution in [0.15, 0.2) is 29.3 Å². The van der Waals surface area contributed by atoms with Crippen molar-refractivity contribution in [2.45, 2.75) is 26.3 Å². The summed E-state index contributed by atoms with van der Waals surface area (Å²) in [4.78, 5) is 9.06. The number of likely N-dealkylation sites (N-methyl/N-ethyl adjacent to an activating group) is 1. The second kappa shape index (κ2) is 7.88. The van der Waals surface area contributed by atoms with Gasteiger partial charge in [-0.2, -0.15) is 0 Å². The number of hydrogen-bond acceptors (Lipinski definition) is 3. The van der Waals surface area contributed by atoms with Crippen molar-refractivity contribution in [2.75, 3.05) is 47.9 Å². The number of nitrogens with one attached hydrogen (secondary N) is 1. The minimum atomic E-state index is 0.216. The Balaban J connectivity index is 2.08. The predicted octanol–water partition coefficient (Wildman–Crippen LogP) is 2.61. The van der Waals surface area contributed by atoms with Crippen LogP contribution in [0.5, 0.6) is 5.75 Å². The van der Waals surface area contributed by atoms with Gasteiger partial charge in [0.25, 0.3) is 0 Å². The summed E-state index contributed by atoms with van der Waals surface area (Å²) in [5.74, 6) is 1.91. The van der Waals surface area contributed by atoms with E-state index in [0.717, 1.165) is 31.3 Å². The van der Waals surface area contributed by atoms with E-state index < -0.39 is 0 Å². The monoisotopic (exact) mass is 332 g/mol. The highest BCUT2D eigenvalue weighted by molar-refractivity contribution is 5.80. The molecule has 0 radical (unpaired) electrons. The van der Waals surface area contributed by atoms with Gasteiger partial charge in [0.1, 0.15) is 5.75 Å². The summed E-state index contributed by atoms with van der Waals surface area (Å²) in [7, 11) is 7.78. The van der Waals surface area contributed by atoms with Gasteiger partial charge in [-0.25, -0.2) is 0 Å². The zero-order valence-electron chi connectivity index (χ0n) is 16.0. The van der Waals surface area contributed by atoms with Crippen molar-refractivity contribution in [2.24, 2.45) is 10.4 Å². The number of para-hydroxylation sites is 1. The van der Waals surface area contributed by atoms with E-state index in [1.807, 2.05) is 19.2 Å². The SMILES string of the molecule is CN=C(NCC(c1ccccc1OC)N(C)C)N1CCC(C)(C)C1. The number of likely N-dealkylation sites (tertiary alicyclic amines) is 1. The van der Waals surface area contributed by atoms with E-state index in [0.29, 0.717) is 5.41 Å². The Bertz CT molecular complexity index is 568. The molecular weight excluding hydrogens is 300 g/mol. The van der Waals surface area contributed by atoms with Crippen molar-refractivity contribution >= 4 is 5.96 Å². The molecule has 0 bridgehead atoms. The van der Waals surface area contributed by atoms with E-state index in [1.54, 1.807) is 7.11 Å². The highest BCUT2D eigenvalue weighted by Crippen LogP contribution is 2.29. The molecule has 1 atom stereocenters. The van der Waals surface area contributed by atoms with E-state index in [4.69, 9.17) is 4.74 Å². The summed E-state index contributed by atoms with van der Waals surface area (Å²) in [6.07, 6.45) is 1.21. The lowest BCUT2D eigenvalue weighted by Gasteiger charge is -2.29. The summed E-state index contributed by atoms with van der Waals surface area (Å²) < 4.78 is 5.54. The van der Waals surface area contributed by atoms with Crippen molar-refractivity contribution in [1.82, 2.24) is 15.1 Å². The molecule has 0 aliphatic carbocycles. The van der Waals surface area contributed by atoms with Gasteiger partial charge in [-0.1, -0.05) is 32.0 Å². The Morgan fingerprint density at radius 3 is 2.62 bits per heavy atom. The molecule has 134 valence electrons. The highest BCUT2D eigenvalue weighted by Gasteiger charge is 2.31. The quantitative estimate of drug-likeness (QED) is 0.665. The van der Waals surface area contributed by atoms with E-state index in [9.17, 15) is 0 Å². The third kappa shape index (κ3) is 4.41. The number of ether oxygens (including phenoxy) is 1. The Kier molecular flexibility index (Phi) is 6.10. The van der Waals surface area contributed by atoms with Crippen LogP contribution in [0.2, 0.25) is 0 Å². The van der Waals surface area contributed by atoms with Gasteiger partial charge < -0.3 is 19.9 Å². The zero-order valence-corrected chi connectivity index (χ0v) is 16.0. The molecular formula is C19H32N4O. The fourth-order valence-electron chi connectivity index (χ4n) is 3.33. The molecule has 1 fully saturated rings. The number of methoxy groups -OCH3 is 1. The largest absolute Gasteiger partial charge is 0.496 e. The van der Waals surface area contributed by atoms with Gasteiger partial charge in [0.15, 0.2) is 5.96 Å². The lowest BCUT2D eigenvalue weighted by Crippen LogP contribution is -2.44. The van der Waals surface area contributed by atoms with Gasteiger partial charge in [0, 0.05) is 32.2 Å². The molecule has 1 aliphatic rings. The van der Waals surface area contributed by atoms with Crippen LogP contribution in [0.4, 0.5) is 0 Å². The lowest BCUT2D eigenvalue weighted by atomic mass is 9.93. The first-order valence-corrected chi connectivity index (χ1v) is 8.63. The van der Waals surface area contributed by atoms with Crippen LogP contribution in [0.3, 0.4) is 0 Å². The Hall–Kier alpha value is -1.75. The van der Waals surface area contributed by atoms with Crippen molar-refractivity contribution < 1.29 is 4.74 Å². The van der Waals surface area contributed by atoms with Crippen LogP contribution in [0, 0.1) is 5.41 Å². The van der Waals surface area contributed by atoms with Crippen molar-refractivity contribution in [3.8, 4) is 5.75 Å². The first-order chi connectivity index (χ1) is 11.4.